The van der Waals surface area contributed by atoms with Crippen molar-refractivity contribution in [2.75, 3.05) is 0 Å². The molecule has 1 atom stereocenters. The Balaban J connectivity index is 1.67. The Labute approximate surface area is 150 Å². The zero-order valence-electron chi connectivity index (χ0n) is 15.0. The Morgan fingerprint density at radius 2 is 1.80 bits per heavy atom. The van der Waals surface area contributed by atoms with Crippen molar-refractivity contribution in [2.45, 2.75) is 39.0 Å². The molecule has 1 aromatic heterocycles. The van der Waals surface area contributed by atoms with Crippen LogP contribution in [0.15, 0.2) is 65.1 Å². The molecule has 1 nitrogen and oxygen atoms in total. The summed E-state index contributed by atoms with van der Waals surface area (Å²) in [6.07, 6.45) is 8.17. The largest absolute Gasteiger partial charge is 0.465 e. The Morgan fingerprint density at radius 1 is 0.960 bits per heavy atom. The smallest absolute Gasteiger partial charge is 0.115 e. The van der Waals surface area contributed by atoms with Crippen LogP contribution in [0, 0.1) is 6.92 Å². The number of benzene rings is 2. The lowest BCUT2D eigenvalue weighted by atomic mass is 9.92. The maximum atomic E-state index is 5.87. The average molecular weight is 328 g/mol. The molecule has 1 heterocycles. The van der Waals surface area contributed by atoms with E-state index in [0.717, 1.165) is 11.5 Å². The summed E-state index contributed by atoms with van der Waals surface area (Å²) in [6.45, 7) is 4.24. The summed E-state index contributed by atoms with van der Waals surface area (Å²) in [5.41, 5.74) is 6.68. The maximum Gasteiger partial charge on any atom is 0.115 e. The van der Waals surface area contributed by atoms with Gasteiger partial charge in [0.25, 0.3) is 0 Å². The van der Waals surface area contributed by atoms with Gasteiger partial charge in [-0.25, -0.2) is 0 Å². The molecule has 1 aliphatic rings. The van der Waals surface area contributed by atoms with Crippen molar-refractivity contribution < 1.29 is 4.42 Å². The van der Waals surface area contributed by atoms with Gasteiger partial charge in [-0.3, -0.25) is 0 Å². The lowest BCUT2D eigenvalue weighted by Crippen LogP contribution is -1.95. The highest BCUT2D eigenvalue weighted by Crippen LogP contribution is 2.40. The first-order valence-electron chi connectivity index (χ1n) is 9.23. The van der Waals surface area contributed by atoms with Gasteiger partial charge in [0.2, 0.25) is 0 Å². The van der Waals surface area contributed by atoms with Crippen LogP contribution in [0.1, 0.15) is 53.9 Å². The van der Waals surface area contributed by atoms with Crippen LogP contribution < -0.4 is 0 Å². The molecule has 0 aliphatic heterocycles. The van der Waals surface area contributed by atoms with E-state index in [1.54, 1.807) is 0 Å². The second-order valence-corrected chi connectivity index (χ2v) is 6.89. The van der Waals surface area contributed by atoms with Crippen LogP contribution in [0.25, 0.3) is 17.2 Å². The normalized spacial score (nSPS) is 15.5. The number of unbranched alkanes of at least 4 members (excludes halogenated alkanes) is 1. The number of rotatable bonds is 5. The van der Waals surface area contributed by atoms with E-state index in [9.17, 15) is 0 Å². The Hall–Kier alpha value is -2.54. The van der Waals surface area contributed by atoms with E-state index in [1.165, 1.54) is 47.1 Å². The molecule has 1 heteroatoms. The Kier molecular flexibility index (Phi) is 4.31. The SMILES string of the molecule is CCCCc1ccc(-c2cccc3c2C=CC3c2ccc(C)o2)cc1. The molecule has 1 aliphatic carbocycles. The molecule has 0 saturated heterocycles. The molecule has 1 unspecified atom stereocenters. The van der Waals surface area contributed by atoms with Crippen LogP contribution >= 0.6 is 0 Å². The highest BCUT2D eigenvalue weighted by Gasteiger charge is 2.23. The van der Waals surface area contributed by atoms with Crippen molar-refractivity contribution in [1.82, 2.24) is 0 Å². The van der Waals surface area contributed by atoms with Crippen LogP contribution in [-0.2, 0) is 6.42 Å². The van der Waals surface area contributed by atoms with Crippen molar-refractivity contribution in [3.63, 3.8) is 0 Å². The Bertz CT molecular complexity index is 896. The fourth-order valence-corrected chi connectivity index (χ4v) is 3.69. The average Bonchev–Trinajstić information content (AvgIpc) is 3.26. The summed E-state index contributed by atoms with van der Waals surface area (Å²) in [7, 11) is 0. The number of hydrogen-bond donors (Lipinski definition) is 0. The molecule has 25 heavy (non-hydrogen) atoms. The number of allylic oxidation sites excluding steroid dienone is 1. The molecule has 0 bridgehead atoms. The minimum Gasteiger partial charge on any atom is -0.465 e. The zero-order chi connectivity index (χ0) is 17.2. The lowest BCUT2D eigenvalue weighted by molar-refractivity contribution is 0.482. The quantitative estimate of drug-likeness (QED) is 0.504. The monoisotopic (exact) mass is 328 g/mol. The minimum atomic E-state index is 0.229. The molecular formula is C24H24O. The summed E-state index contributed by atoms with van der Waals surface area (Å²) >= 11 is 0. The first-order valence-corrected chi connectivity index (χ1v) is 9.23. The summed E-state index contributed by atoms with van der Waals surface area (Å²) in [4.78, 5) is 0. The van der Waals surface area contributed by atoms with E-state index in [4.69, 9.17) is 4.42 Å². The third kappa shape index (κ3) is 3.07. The molecular weight excluding hydrogens is 304 g/mol. The van der Waals surface area contributed by atoms with Crippen molar-refractivity contribution in [3.8, 4) is 11.1 Å². The van der Waals surface area contributed by atoms with Gasteiger partial charge < -0.3 is 4.42 Å². The van der Waals surface area contributed by atoms with E-state index in [0.29, 0.717) is 0 Å². The van der Waals surface area contributed by atoms with Gasteiger partial charge in [-0.1, -0.05) is 68.0 Å². The minimum absolute atomic E-state index is 0.229. The van der Waals surface area contributed by atoms with E-state index < -0.39 is 0 Å². The molecule has 3 aromatic rings. The maximum absolute atomic E-state index is 5.87. The predicted octanol–water partition coefficient (Wildman–Crippen LogP) is 6.76. The number of furan rings is 1. The van der Waals surface area contributed by atoms with E-state index >= 15 is 0 Å². The Morgan fingerprint density at radius 3 is 2.52 bits per heavy atom. The summed E-state index contributed by atoms with van der Waals surface area (Å²) in [5.74, 6) is 2.22. The molecule has 0 N–H and O–H groups in total. The second kappa shape index (κ2) is 6.76. The highest BCUT2D eigenvalue weighted by molar-refractivity contribution is 5.81. The molecule has 2 aromatic carbocycles. The molecule has 0 saturated carbocycles. The van der Waals surface area contributed by atoms with Crippen molar-refractivity contribution in [1.29, 1.82) is 0 Å². The van der Waals surface area contributed by atoms with Crippen LogP contribution in [-0.4, -0.2) is 0 Å². The van der Waals surface area contributed by atoms with E-state index in [1.807, 2.05) is 13.0 Å². The van der Waals surface area contributed by atoms with Crippen LogP contribution in [0.3, 0.4) is 0 Å². The van der Waals surface area contributed by atoms with Gasteiger partial charge in [-0.2, -0.15) is 0 Å². The third-order valence-electron chi connectivity index (χ3n) is 5.08. The zero-order valence-corrected chi connectivity index (χ0v) is 15.0. The van der Waals surface area contributed by atoms with E-state index in [2.05, 4.69) is 67.6 Å². The fraction of sp³-hybridized carbons (Fsp3) is 0.250. The third-order valence-corrected chi connectivity index (χ3v) is 5.08. The molecule has 0 fully saturated rings. The van der Waals surface area contributed by atoms with Gasteiger partial charge in [-0.15, -0.1) is 0 Å². The summed E-state index contributed by atoms with van der Waals surface area (Å²) in [5, 5.41) is 0. The number of fused-ring (bicyclic) bond motifs is 1. The van der Waals surface area contributed by atoms with Crippen LogP contribution in [0.5, 0.6) is 0 Å². The lowest BCUT2D eigenvalue weighted by Gasteiger charge is -2.12. The van der Waals surface area contributed by atoms with Gasteiger partial charge >= 0.3 is 0 Å². The van der Waals surface area contributed by atoms with Crippen LogP contribution in [0.4, 0.5) is 0 Å². The van der Waals surface area contributed by atoms with E-state index in [-0.39, 0.29) is 5.92 Å². The molecule has 4 rings (SSSR count). The first kappa shape index (κ1) is 16.0. The molecule has 0 radical (unpaired) electrons. The van der Waals surface area contributed by atoms with Crippen molar-refractivity contribution >= 4 is 6.08 Å². The molecule has 0 amide bonds. The van der Waals surface area contributed by atoms with Crippen LogP contribution in [0.2, 0.25) is 0 Å². The first-order chi connectivity index (χ1) is 12.3. The standard InChI is InChI=1S/C24H24O/c1-3-4-6-18-10-12-19(13-11-18)20-7-5-8-21-22(20)14-15-23(21)24-16-9-17(2)25-24/h5,7-16,23H,3-4,6H2,1-2H3. The number of aryl methyl sites for hydroxylation is 2. The van der Waals surface area contributed by atoms with Gasteiger partial charge in [0.05, 0.1) is 5.92 Å². The van der Waals surface area contributed by atoms with Gasteiger partial charge in [0, 0.05) is 0 Å². The van der Waals surface area contributed by atoms with Gasteiger partial charge in [0.15, 0.2) is 0 Å². The molecule has 0 spiro atoms. The predicted molar refractivity (Wildman–Crippen MR) is 105 cm³/mol. The van der Waals surface area contributed by atoms with Crippen molar-refractivity contribution in [3.05, 3.63) is 88.9 Å². The summed E-state index contributed by atoms with van der Waals surface area (Å²) < 4.78 is 5.87. The van der Waals surface area contributed by atoms with Gasteiger partial charge in [0.1, 0.15) is 11.5 Å². The fourth-order valence-electron chi connectivity index (χ4n) is 3.69. The highest BCUT2D eigenvalue weighted by atomic mass is 16.3. The summed E-state index contributed by atoms with van der Waals surface area (Å²) in [6, 6.07) is 19.8. The topological polar surface area (TPSA) is 13.1 Å². The van der Waals surface area contributed by atoms with Gasteiger partial charge in [-0.05, 0) is 59.7 Å². The number of hydrogen-bond acceptors (Lipinski definition) is 1. The molecule has 126 valence electrons. The second-order valence-electron chi connectivity index (χ2n) is 6.89. The van der Waals surface area contributed by atoms with Crippen molar-refractivity contribution in [2.24, 2.45) is 0 Å².